The van der Waals surface area contributed by atoms with Crippen LogP contribution in [0.15, 0.2) is 42.6 Å². The highest BCUT2D eigenvalue weighted by molar-refractivity contribution is 5.91. The Labute approximate surface area is 199 Å². The highest BCUT2D eigenvalue weighted by Crippen LogP contribution is 2.36. The van der Waals surface area contributed by atoms with Crippen molar-refractivity contribution in [2.45, 2.75) is 38.5 Å². The molecule has 0 bridgehead atoms. The number of esters is 1. The van der Waals surface area contributed by atoms with E-state index in [2.05, 4.69) is 58.3 Å². The Hall–Kier alpha value is -3.42. The molecular weight excluding hydrogens is 430 g/mol. The number of ether oxygens (including phenoxy) is 1. The number of methoxy groups -OCH3 is 1. The summed E-state index contributed by atoms with van der Waals surface area (Å²) in [4.78, 5) is 33.3. The molecule has 2 atom stereocenters. The second kappa shape index (κ2) is 8.74. The van der Waals surface area contributed by atoms with Crippen LogP contribution in [0.3, 0.4) is 0 Å². The molecule has 1 unspecified atom stereocenters. The van der Waals surface area contributed by atoms with Gasteiger partial charge < -0.3 is 14.5 Å². The van der Waals surface area contributed by atoms with Gasteiger partial charge >= 0.3 is 5.97 Å². The first-order chi connectivity index (χ1) is 16.4. The van der Waals surface area contributed by atoms with Crippen molar-refractivity contribution in [3.63, 3.8) is 0 Å². The summed E-state index contributed by atoms with van der Waals surface area (Å²) in [6, 6.07) is 12.8. The summed E-state index contributed by atoms with van der Waals surface area (Å²) < 4.78 is 6.50. The maximum atomic E-state index is 13.1. The van der Waals surface area contributed by atoms with Gasteiger partial charge in [-0.2, -0.15) is 0 Å². The number of anilines is 1. The number of fused-ring (bicyclic) bond motifs is 1. The van der Waals surface area contributed by atoms with Gasteiger partial charge in [-0.1, -0.05) is 37.3 Å². The number of hydrogen-bond donors (Lipinski definition) is 0. The lowest BCUT2D eigenvalue weighted by Crippen LogP contribution is -2.30. The molecule has 0 radical (unpaired) electrons. The molecule has 0 aliphatic carbocycles. The molecule has 3 aromatic rings. The van der Waals surface area contributed by atoms with E-state index in [0.29, 0.717) is 25.2 Å². The minimum absolute atomic E-state index is 0.101. The summed E-state index contributed by atoms with van der Waals surface area (Å²) in [7, 11) is 1.39. The highest BCUT2D eigenvalue weighted by atomic mass is 16.5. The van der Waals surface area contributed by atoms with Gasteiger partial charge in [0.05, 0.1) is 25.4 Å². The van der Waals surface area contributed by atoms with E-state index in [4.69, 9.17) is 4.74 Å². The van der Waals surface area contributed by atoms with Crippen LogP contribution < -0.4 is 4.90 Å². The highest BCUT2D eigenvalue weighted by Gasteiger charge is 2.36. The molecule has 5 rings (SSSR count). The van der Waals surface area contributed by atoms with Crippen molar-refractivity contribution in [1.29, 1.82) is 0 Å². The lowest BCUT2D eigenvalue weighted by atomic mass is 9.82. The van der Waals surface area contributed by atoms with E-state index in [1.807, 2.05) is 13.1 Å². The van der Waals surface area contributed by atoms with Crippen LogP contribution in [0.2, 0.25) is 0 Å². The number of amides is 1. The fourth-order valence-corrected chi connectivity index (χ4v) is 5.30. The minimum Gasteiger partial charge on any atom is -0.469 e. The van der Waals surface area contributed by atoms with Crippen LogP contribution in [-0.4, -0.2) is 64.7 Å². The quantitative estimate of drug-likeness (QED) is 0.543. The van der Waals surface area contributed by atoms with E-state index in [1.165, 1.54) is 12.7 Å². The predicted molar refractivity (Wildman–Crippen MR) is 129 cm³/mol. The number of likely N-dealkylation sites (tertiary alicyclic amines) is 1. The molecule has 0 saturated carbocycles. The maximum absolute atomic E-state index is 13.1. The van der Waals surface area contributed by atoms with E-state index in [0.717, 1.165) is 37.2 Å². The summed E-state index contributed by atoms with van der Waals surface area (Å²) >= 11 is 0. The molecule has 0 N–H and O–H groups in total. The Morgan fingerprint density at radius 1 is 1.21 bits per heavy atom. The number of rotatable bonds is 5. The Morgan fingerprint density at radius 3 is 2.76 bits per heavy atom. The first-order valence-corrected chi connectivity index (χ1v) is 11.9. The molecule has 2 aliphatic heterocycles. The number of benzene rings is 1. The van der Waals surface area contributed by atoms with Crippen molar-refractivity contribution in [2.75, 3.05) is 38.2 Å². The van der Waals surface area contributed by atoms with Crippen LogP contribution in [-0.2, 0) is 14.9 Å². The zero-order valence-corrected chi connectivity index (χ0v) is 20.0. The van der Waals surface area contributed by atoms with E-state index in [9.17, 15) is 9.59 Å². The molecular formula is C26H31N5O3. The SMILES string of the molecule is COC(=O)CC1CCN(C(=O)c2nc3c(C)cc(N4CC[C@](C)(c5ccccc5)C4)cn3n2)C1. The average Bonchev–Trinajstić information content (AvgIpc) is 3.58. The molecule has 0 spiro atoms. The van der Waals surface area contributed by atoms with Crippen molar-refractivity contribution >= 4 is 23.2 Å². The van der Waals surface area contributed by atoms with Crippen LogP contribution in [0.25, 0.3) is 5.65 Å². The topological polar surface area (TPSA) is 80.0 Å². The van der Waals surface area contributed by atoms with Gasteiger partial charge in [0.25, 0.3) is 5.91 Å². The smallest absolute Gasteiger partial charge is 0.305 e. The third-order valence-electron chi connectivity index (χ3n) is 7.36. The molecule has 2 aliphatic rings. The van der Waals surface area contributed by atoms with Crippen molar-refractivity contribution in [1.82, 2.24) is 19.5 Å². The minimum atomic E-state index is -0.237. The van der Waals surface area contributed by atoms with Gasteiger partial charge in [-0.05, 0) is 42.9 Å². The summed E-state index contributed by atoms with van der Waals surface area (Å²) in [5.41, 5.74) is 4.24. The van der Waals surface area contributed by atoms with Crippen molar-refractivity contribution in [3.05, 3.63) is 59.5 Å². The Bertz CT molecular complexity index is 1220. The maximum Gasteiger partial charge on any atom is 0.305 e. The van der Waals surface area contributed by atoms with Gasteiger partial charge in [-0.3, -0.25) is 9.59 Å². The summed E-state index contributed by atoms with van der Waals surface area (Å²) in [6.07, 6.45) is 4.18. The lowest BCUT2D eigenvalue weighted by molar-refractivity contribution is -0.141. The van der Waals surface area contributed by atoms with E-state index >= 15 is 0 Å². The van der Waals surface area contributed by atoms with E-state index in [1.54, 1.807) is 9.42 Å². The number of aromatic nitrogens is 3. The van der Waals surface area contributed by atoms with Gasteiger partial charge in [0.1, 0.15) is 0 Å². The van der Waals surface area contributed by atoms with Crippen LogP contribution in [0.4, 0.5) is 5.69 Å². The molecule has 1 amide bonds. The van der Waals surface area contributed by atoms with Gasteiger partial charge in [0, 0.05) is 31.6 Å². The number of carbonyl (C=O) groups excluding carboxylic acids is 2. The lowest BCUT2D eigenvalue weighted by Gasteiger charge is -2.26. The van der Waals surface area contributed by atoms with Crippen molar-refractivity contribution in [2.24, 2.45) is 5.92 Å². The van der Waals surface area contributed by atoms with Gasteiger partial charge in [0.2, 0.25) is 5.82 Å². The van der Waals surface area contributed by atoms with E-state index in [-0.39, 0.29) is 29.0 Å². The average molecular weight is 462 g/mol. The molecule has 2 fully saturated rings. The predicted octanol–water partition coefficient (Wildman–Crippen LogP) is 3.23. The fraction of sp³-hybridized carbons (Fsp3) is 0.462. The number of hydrogen-bond acceptors (Lipinski definition) is 6. The van der Waals surface area contributed by atoms with Crippen LogP contribution in [0.1, 0.15) is 47.9 Å². The molecule has 8 nitrogen and oxygen atoms in total. The first-order valence-electron chi connectivity index (χ1n) is 11.9. The zero-order valence-electron chi connectivity index (χ0n) is 20.0. The normalized spacial score (nSPS) is 22.5. The second-order valence-corrected chi connectivity index (χ2v) is 9.87. The largest absolute Gasteiger partial charge is 0.469 e. The summed E-state index contributed by atoms with van der Waals surface area (Å²) in [5, 5.41) is 4.54. The van der Waals surface area contributed by atoms with E-state index < -0.39 is 0 Å². The third kappa shape index (κ3) is 4.13. The molecule has 8 heteroatoms. The van der Waals surface area contributed by atoms with Gasteiger partial charge in [0.15, 0.2) is 5.65 Å². The summed E-state index contributed by atoms with van der Waals surface area (Å²) in [6.45, 7) is 7.36. The molecule has 34 heavy (non-hydrogen) atoms. The Balaban J connectivity index is 1.34. The molecule has 2 saturated heterocycles. The van der Waals surface area contributed by atoms with Crippen molar-refractivity contribution < 1.29 is 14.3 Å². The molecule has 2 aromatic heterocycles. The Kier molecular flexibility index (Phi) is 5.75. The molecule has 4 heterocycles. The number of carbonyl (C=O) groups is 2. The number of aryl methyl sites for hydroxylation is 1. The number of nitrogens with zero attached hydrogens (tertiary/aromatic N) is 5. The zero-order chi connectivity index (χ0) is 23.9. The standard InChI is InChI=1S/C26H31N5O3/c1-18-13-21(30-12-10-26(2,17-30)20-7-5-4-6-8-20)16-31-24(18)27-23(28-31)25(33)29-11-9-19(15-29)14-22(32)34-3/h4-8,13,16,19H,9-12,14-15,17H2,1-3H3/t19?,26-/m0/s1. The van der Waals surface area contributed by atoms with Crippen LogP contribution in [0, 0.1) is 12.8 Å². The monoisotopic (exact) mass is 461 g/mol. The Morgan fingerprint density at radius 2 is 2.00 bits per heavy atom. The molecule has 1 aromatic carbocycles. The van der Waals surface area contributed by atoms with Gasteiger partial charge in [-0.15, -0.1) is 5.10 Å². The van der Waals surface area contributed by atoms with Gasteiger partial charge in [-0.25, -0.2) is 9.50 Å². The fourth-order valence-electron chi connectivity index (χ4n) is 5.30. The summed E-state index contributed by atoms with van der Waals surface area (Å²) in [5.74, 6) is -0.0983. The molecule has 178 valence electrons. The second-order valence-electron chi connectivity index (χ2n) is 9.87. The van der Waals surface area contributed by atoms with Crippen LogP contribution in [0.5, 0.6) is 0 Å². The third-order valence-corrected chi connectivity index (χ3v) is 7.36. The van der Waals surface area contributed by atoms with Crippen molar-refractivity contribution in [3.8, 4) is 0 Å². The van der Waals surface area contributed by atoms with Crippen LogP contribution >= 0.6 is 0 Å². The number of pyridine rings is 1. The first kappa shape index (κ1) is 22.4.